The molecule has 1 N–H and O–H groups in total. The van der Waals surface area contributed by atoms with Gasteiger partial charge in [0.2, 0.25) is 0 Å². The molecule has 0 amide bonds. The summed E-state index contributed by atoms with van der Waals surface area (Å²) in [5.74, 6) is 0.672. The van der Waals surface area contributed by atoms with Gasteiger partial charge in [-0.3, -0.25) is 0 Å². The second-order valence-corrected chi connectivity index (χ2v) is 4.38. The molecule has 0 atom stereocenters. The Labute approximate surface area is 116 Å². The maximum Gasteiger partial charge on any atom is 0.161 e. The van der Waals surface area contributed by atoms with Gasteiger partial charge in [-0.05, 0) is 25.0 Å². The largest absolute Gasteiger partial charge is 0.370 e. The van der Waals surface area contributed by atoms with E-state index >= 15 is 0 Å². The molecule has 2 heterocycles. The fraction of sp³-hybridized carbons (Fsp3) is 0.333. The van der Waals surface area contributed by atoms with Crippen LogP contribution >= 0.6 is 11.6 Å². The highest BCUT2D eigenvalue weighted by Gasteiger charge is 2.02. The highest BCUT2D eigenvalue weighted by molar-refractivity contribution is 6.31. The Bertz CT molecular complexity index is 560. The van der Waals surface area contributed by atoms with Crippen molar-refractivity contribution in [3.63, 3.8) is 0 Å². The van der Waals surface area contributed by atoms with Crippen LogP contribution in [0.2, 0.25) is 5.02 Å². The second kappa shape index (κ2) is 6.71. The summed E-state index contributed by atoms with van der Waals surface area (Å²) in [6.45, 7) is 1.69. The van der Waals surface area contributed by atoms with Crippen molar-refractivity contribution in [3.05, 3.63) is 35.5 Å². The molecule has 0 aliphatic carbocycles. The quantitative estimate of drug-likeness (QED) is 0.817. The number of hydrogen-bond acceptors (Lipinski definition) is 5. The summed E-state index contributed by atoms with van der Waals surface area (Å²) >= 11 is 5.81. The van der Waals surface area contributed by atoms with Crippen molar-refractivity contribution in [1.82, 2.24) is 19.7 Å². The van der Waals surface area contributed by atoms with Crippen molar-refractivity contribution < 1.29 is 0 Å². The molecule has 0 fully saturated rings. The minimum atomic E-state index is 0.246. The van der Waals surface area contributed by atoms with Crippen LogP contribution in [0.25, 0.3) is 0 Å². The van der Waals surface area contributed by atoms with Crippen LogP contribution in [0.1, 0.15) is 18.5 Å². The Morgan fingerprint density at radius 3 is 2.79 bits per heavy atom. The van der Waals surface area contributed by atoms with E-state index in [2.05, 4.69) is 20.5 Å². The van der Waals surface area contributed by atoms with E-state index in [1.165, 1.54) is 0 Å². The number of aryl methyl sites for hydroxylation is 1. The van der Waals surface area contributed by atoms with Gasteiger partial charge >= 0.3 is 0 Å². The number of aromatic nitrogens is 4. The van der Waals surface area contributed by atoms with Crippen LogP contribution in [-0.2, 0) is 6.54 Å². The molecular weight excluding hydrogens is 264 g/mol. The van der Waals surface area contributed by atoms with Crippen LogP contribution in [0.4, 0.5) is 5.82 Å². The van der Waals surface area contributed by atoms with Crippen molar-refractivity contribution in [2.75, 3.05) is 11.9 Å². The first kappa shape index (κ1) is 13.3. The number of unbranched alkanes of at least 4 members (excludes halogenated alkanes) is 1. The van der Waals surface area contributed by atoms with E-state index < -0.39 is 0 Å². The molecular formula is C12H13ClN6. The van der Waals surface area contributed by atoms with E-state index in [0.29, 0.717) is 10.8 Å². The minimum Gasteiger partial charge on any atom is -0.370 e. The molecule has 0 aliphatic rings. The molecule has 0 bridgehead atoms. The molecule has 2 aromatic rings. The lowest BCUT2D eigenvalue weighted by molar-refractivity contribution is 0.619. The topological polar surface area (TPSA) is 79.4 Å². The summed E-state index contributed by atoms with van der Waals surface area (Å²) in [6.07, 6.45) is 5.41. The van der Waals surface area contributed by atoms with E-state index in [1.807, 2.05) is 10.6 Å². The number of nitriles is 1. The van der Waals surface area contributed by atoms with Crippen LogP contribution in [0, 0.1) is 11.3 Å². The Morgan fingerprint density at radius 1 is 1.26 bits per heavy atom. The van der Waals surface area contributed by atoms with Crippen LogP contribution in [0.5, 0.6) is 0 Å². The highest BCUT2D eigenvalue weighted by Crippen LogP contribution is 2.15. The van der Waals surface area contributed by atoms with Crippen LogP contribution in [0.15, 0.2) is 24.8 Å². The third kappa shape index (κ3) is 3.93. The number of pyridine rings is 1. The summed E-state index contributed by atoms with van der Waals surface area (Å²) < 4.78 is 1.94. The third-order valence-corrected chi connectivity index (χ3v) is 2.87. The van der Waals surface area contributed by atoms with E-state index in [0.717, 1.165) is 25.9 Å². The van der Waals surface area contributed by atoms with Gasteiger partial charge in [0.05, 0.1) is 5.02 Å². The standard InChI is InChI=1S/C12H13ClN6/c13-10-3-4-12(18-11(10)7-14)15-5-1-2-6-19-8-16-17-9-19/h3-4,8-9H,1-2,5-6H2,(H,15,18). The van der Waals surface area contributed by atoms with Gasteiger partial charge < -0.3 is 9.88 Å². The maximum atomic E-state index is 8.82. The molecule has 2 rings (SSSR count). The van der Waals surface area contributed by atoms with E-state index in [1.54, 1.807) is 24.8 Å². The van der Waals surface area contributed by atoms with Crippen molar-refractivity contribution in [2.45, 2.75) is 19.4 Å². The molecule has 0 radical (unpaired) electrons. The van der Waals surface area contributed by atoms with Gasteiger partial charge in [-0.15, -0.1) is 10.2 Å². The Morgan fingerprint density at radius 2 is 2.05 bits per heavy atom. The maximum absolute atomic E-state index is 8.82. The van der Waals surface area contributed by atoms with Crippen LogP contribution in [-0.4, -0.2) is 26.3 Å². The molecule has 0 unspecified atom stereocenters. The number of hydrogen-bond donors (Lipinski definition) is 1. The Hall–Kier alpha value is -2.13. The third-order valence-electron chi connectivity index (χ3n) is 2.57. The summed E-state index contributed by atoms with van der Waals surface area (Å²) in [4.78, 5) is 4.11. The predicted octanol–water partition coefficient (Wildman–Crippen LogP) is 2.09. The second-order valence-electron chi connectivity index (χ2n) is 3.97. The van der Waals surface area contributed by atoms with Crippen LogP contribution in [0.3, 0.4) is 0 Å². The molecule has 0 saturated carbocycles. The van der Waals surface area contributed by atoms with Gasteiger partial charge in [0.15, 0.2) is 5.69 Å². The Balaban J connectivity index is 1.72. The fourth-order valence-corrected chi connectivity index (χ4v) is 1.74. The predicted molar refractivity (Wildman–Crippen MR) is 71.7 cm³/mol. The zero-order chi connectivity index (χ0) is 13.5. The van der Waals surface area contributed by atoms with Crippen molar-refractivity contribution in [1.29, 1.82) is 5.26 Å². The van der Waals surface area contributed by atoms with Gasteiger partial charge in [0.25, 0.3) is 0 Å². The zero-order valence-electron chi connectivity index (χ0n) is 10.3. The van der Waals surface area contributed by atoms with Crippen molar-refractivity contribution >= 4 is 17.4 Å². The summed E-state index contributed by atoms with van der Waals surface area (Å²) in [5.41, 5.74) is 0.246. The van der Waals surface area contributed by atoms with Gasteiger partial charge in [-0.1, -0.05) is 11.6 Å². The SMILES string of the molecule is N#Cc1nc(NCCCCn2cnnc2)ccc1Cl. The smallest absolute Gasteiger partial charge is 0.161 e. The lowest BCUT2D eigenvalue weighted by Crippen LogP contribution is -2.05. The first-order valence-corrected chi connectivity index (χ1v) is 6.30. The average molecular weight is 277 g/mol. The van der Waals surface area contributed by atoms with E-state index in [9.17, 15) is 0 Å². The molecule has 0 aromatic carbocycles. The fourth-order valence-electron chi connectivity index (χ4n) is 1.59. The number of halogens is 1. The summed E-state index contributed by atoms with van der Waals surface area (Å²) in [5, 5.41) is 19.8. The molecule has 0 spiro atoms. The van der Waals surface area contributed by atoms with Gasteiger partial charge in [-0.25, -0.2) is 4.98 Å². The monoisotopic (exact) mass is 276 g/mol. The average Bonchev–Trinajstić information content (AvgIpc) is 2.93. The lowest BCUT2D eigenvalue weighted by atomic mass is 10.3. The lowest BCUT2D eigenvalue weighted by Gasteiger charge is -2.06. The number of anilines is 1. The van der Waals surface area contributed by atoms with Crippen molar-refractivity contribution in [3.8, 4) is 6.07 Å². The number of nitrogens with zero attached hydrogens (tertiary/aromatic N) is 5. The zero-order valence-corrected chi connectivity index (χ0v) is 11.0. The van der Waals surface area contributed by atoms with Gasteiger partial charge in [0, 0.05) is 13.1 Å². The molecule has 98 valence electrons. The number of nitrogens with one attached hydrogen (secondary N) is 1. The molecule has 7 heteroatoms. The molecule has 6 nitrogen and oxygen atoms in total. The molecule has 0 aliphatic heterocycles. The molecule has 2 aromatic heterocycles. The van der Waals surface area contributed by atoms with E-state index in [4.69, 9.17) is 16.9 Å². The summed E-state index contributed by atoms with van der Waals surface area (Å²) in [6, 6.07) is 5.40. The van der Waals surface area contributed by atoms with Crippen LogP contribution < -0.4 is 5.32 Å². The minimum absolute atomic E-state index is 0.246. The number of rotatable bonds is 6. The summed E-state index contributed by atoms with van der Waals surface area (Å²) in [7, 11) is 0. The Kier molecular flexibility index (Phi) is 4.70. The normalized spacial score (nSPS) is 10.1. The van der Waals surface area contributed by atoms with E-state index in [-0.39, 0.29) is 5.69 Å². The first-order valence-electron chi connectivity index (χ1n) is 5.92. The molecule has 19 heavy (non-hydrogen) atoms. The highest BCUT2D eigenvalue weighted by atomic mass is 35.5. The molecule has 0 saturated heterocycles. The van der Waals surface area contributed by atoms with Gasteiger partial charge in [-0.2, -0.15) is 5.26 Å². The van der Waals surface area contributed by atoms with Crippen molar-refractivity contribution in [2.24, 2.45) is 0 Å². The van der Waals surface area contributed by atoms with Gasteiger partial charge in [0.1, 0.15) is 24.5 Å². The first-order chi connectivity index (χ1) is 9.29.